The Balaban J connectivity index is 2.14. The van der Waals surface area contributed by atoms with Gasteiger partial charge < -0.3 is 4.74 Å². The first-order valence-electron chi connectivity index (χ1n) is 10.9. The molecule has 0 atom stereocenters. The van der Waals surface area contributed by atoms with Gasteiger partial charge in [-0.15, -0.1) is 0 Å². The highest BCUT2D eigenvalue weighted by Gasteiger charge is 2.17. The zero-order chi connectivity index (χ0) is 23.1. The Morgan fingerprint density at radius 2 is 1.91 bits per heavy atom. The maximum Gasteiger partial charge on any atom is 0.330 e. The second kappa shape index (κ2) is 10.5. The van der Waals surface area contributed by atoms with E-state index in [-0.39, 0.29) is 5.97 Å². The van der Waals surface area contributed by atoms with Crippen LogP contribution in [0.5, 0.6) is 0 Å². The summed E-state index contributed by atoms with van der Waals surface area (Å²) in [6.45, 7) is 8.45. The van der Waals surface area contributed by atoms with E-state index < -0.39 is 0 Å². The number of nitriles is 1. The maximum atomic E-state index is 11.5. The van der Waals surface area contributed by atoms with Gasteiger partial charge in [0.05, 0.1) is 23.4 Å². The standard InChI is InChI=1S/C28H28N2O2/c1-5-32-27(31)9-7-6-8-21-12-15-25-23(17-21)28(22-13-10-20(4)11-14-22)24(18-29)26(30-25)16-19(2)3/h6-15,17,19H,5,16H2,1-4H3. The van der Waals surface area contributed by atoms with Gasteiger partial charge in [0.15, 0.2) is 0 Å². The molecule has 3 aromatic rings. The van der Waals surface area contributed by atoms with Crippen LogP contribution in [0.25, 0.3) is 28.1 Å². The predicted molar refractivity (Wildman–Crippen MR) is 130 cm³/mol. The average molecular weight is 425 g/mol. The molecule has 1 aromatic heterocycles. The molecular weight excluding hydrogens is 396 g/mol. The average Bonchev–Trinajstić information content (AvgIpc) is 2.76. The second-order valence-electron chi connectivity index (χ2n) is 8.13. The molecule has 0 amide bonds. The van der Waals surface area contributed by atoms with E-state index in [0.29, 0.717) is 18.1 Å². The van der Waals surface area contributed by atoms with Crippen molar-refractivity contribution in [1.82, 2.24) is 4.98 Å². The minimum Gasteiger partial charge on any atom is -0.463 e. The van der Waals surface area contributed by atoms with Gasteiger partial charge in [0.1, 0.15) is 6.07 Å². The first-order chi connectivity index (χ1) is 15.4. The van der Waals surface area contributed by atoms with E-state index in [9.17, 15) is 10.1 Å². The highest BCUT2D eigenvalue weighted by Crippen LogP contribution is 2.34. The molecule has 162 valence electrons. The molecule has 0 N–H and O–H groups in total. The Bertz CT molecular complexity index is 1210. The van der Waals surface area contributed by atoms with Crippen LogP contribution in [0.4, 0.5) is 0 Å². The summed E-state index contributed by atoms with van der Waals surface area (Å²) >= 11 is 0. The summed E-state index contributed by atoms with van der Waals surface area (Å²) in [4.78, 5) is 16.3. The largest absolute Gasteiger partial charge is 0.463 e. The lowest BCUT2D eigenvalue weighted by molar-refractivity contribution is -0.137. The molecule has 0 unspecified atom stereocenters. The predicted octanol–water partition coefficient (Wildman–Crippen LogP) is 6.41. The lowest BCUT2D eigenvalue weighted by atomic mass is 9.91. The van der Waals surface area contributed by atoms with Crippen LogP contribution in [0.3, 0.4) is 0 Å². The molecule has 0 aliphatic rings. The third-order valence-electron chi connectivity index (χ3n) is 5.06. The Morgan fingerprint density at radius 3 is 2.56 bits per heavy atom. The zero-order valence-corrected chi connectivity index (χ0v) is 19.1. The number of hydrogen-bond donors (Lipinski definition) is 0. The van der Waals surface area contributed by atoms with Gasteiger partial charge in [0, 0.05) is 17.0 Å². The summed E-state index contributed by atoms with van der Waals surface area (Å²) in [5.41, 5.74) is 6.41. The van der Waals surface area contributed by atoms with Crippen molar-refractivity contribution in [2.75, 3.05) is 6.61 Å². The highest BCUT2D eigenvalue weighted by atomic mass is 16.5. The molecule has 32 heavy (non-hydrogen) atoms. The van der Waals surface area contributed by atoms with Gasteiger partial charge >= 0.3 is 5.97 Å². The molecule has 0 spiro atoms. The number of benzene rings is 2. The van der Waals surface area contributed by atoms with Crippen molar-refractivity contribution in [2.45, 2.75) is 34.1 Å². The van der Waals surface area contributed by atoms with Crippen LogP contribution in [0.2, 0.25) is 0 Å². The molecule has 1 heterocycles. The van der Waals surface area contributed by atoms with E-state index in [1.54, 1.807) is 19.1 Å². The molecule has 0 saturated carbocycles. The number of esters is 1. The van der Waals surface area contributed by atoms with Gasteiger partial charge in [-0.25, -0.2) is 4.79 Å². The van der Waals surface area contributed by atoms with Crippen LogP contribution in [0.1, 0.15) is 43.2 Å². The molecule has 0 bridgehead atoms. The van der Waals surface area contributed by atoms with E-state index >= 15 is 0 Å². The van der Waals surface area contributed by atoms with E-state index in [0.717, 1.165) is 39.7 Å². The molecule has 0 saturated heterocycles. The summed E-state index contributed by atoms with van der Waals surface area (Å²) in [5, 5.41) is 11.0. The molecule has 3 rings (SSSR count). The smallest absolute Gasteiger partial charge is 0.330 e. The molecule has 4 nitrogen and oxygen atoms in total. The third kappa shape index (κ3) is 5.50. The number of hydrogen-bond acceptors (Lipinski definition) is 4. The number of ether oxygens (including phenoxy) is 1. The fourth-order valence-corrected chi connectivity index (χ4v) is 3.60. The number of aromatic nitrogens is 1. The minimum atomic E-state index is -0.363. The van der Waals surface area contributed by atoms with Gasteiger partial charge in [-0.05, 0) is 49.4 Å². The summed E-state index contributed by atoms with van der Waals surface area (Å²) in [6.07, 6.45) is 7.52. The van der Waals surface area contributed by atoms with Gasteiger partial charge in [-0.2, -0.15) is 5.26 Å². The lowest BCUT2D eigenvalue weighted by Gasteiger charge is -2.15. The van der Waals surface area contributed by atoms with Crippen molar-refractivity contribution in [3.8, 4) is 17.2 Å². The van der Waals surface area contributed by atoms with E-state index in [2.05, 4.69) is 51.1 Å². The van der Waals surface area contributed by atoms with Crippen molar-refractivity contribution in [3.05, 3.63) is 83.1 Å². The van der Waals surface area contributed by atoms with E-state index in [4.69, 9.17) is 9.72 Å². The first kappa shape index (κ1) is 23.0. The van der Waals surface area contributed by atoms with Gasteiger partial charge in [0.2, 0.25) is 0 Å². The third-order valence-corrected chi connectivity index (χ3v) is 5.06. The second-order valence-corrected chi connectivity index (χ2v) is 8.13. The van der Waals surface area contributed by atoms with Crippen LogP contribution in [-0.4, -0.2) is 17.6 Å². The number of pyridine rings is 1. The number of rotatable bonds is 7. The van der Waals surface area contributed by atoms with Gasteiger partial charge in [0.25, 0.3) is 0 Å². The quantitative estimate of drug-likeness (QED) is 0.250. The van der Waals surface area contributed by atoms with E-state index in [1.807, 2.05) is 24.3 Å². The normalized spacial score (nSPS) is 11.5. The maximum absolute atomic E-state index is 11.5. The van der Waals surface area contributed by atoms with Crippen LogP contribution in [0.15, 0.2) is 60.7 Å². The van der Waals surface area contributed by atoms with Gasteiger partial charge in [-0.3, -0.25) is 4.98 Å². The van der Waals surface area contributed by atoms with Crippen LogP contribution in [-0.2, 0) is 16.0 Å². The fourth-order valence-electron chi connectivity index (χ4n) is 3.60. The molecule has 2 aromatic carbocycles. The molecule has 4 heteroatoms. The molecular formula is C28H28N2O2. The SMILES string of the molecule is CCOC(=O)C=CC=Cc1ccc2nc(CC(C)C)c(C#N)c(-c3ccc(C)cc3)c2c1. The molecule has 0 aliphatic carbocycles. The van der Waals surface area contributed by atoms with Crippen LogP contribution in [0, 0.1) is 24.2 Å². The summed E-state index contributed by atoms with van der Waals surface area (Å²) < 4.78 is 4.89. The number of carbonyl (C=O) groups excluding carboxylic acids is 1. The molecule has 0 fully saturated rings. The molecule has 0 radical (unpaired) electrons. The number of allylic oxidation sites excluding steroid dienone is 2. The lowest BCUT2D eigenvalue weighted by Crippen LogP contribution is -2.04. The number of fused-ring (bicyclic) bond motifs is 1. The van der Waals surface area contributed by atoms with Crippen molar-refractivity contribution in [3.63, 3.8) is 0 Å². The summed E-state index contributed by atoms with van der Waals surface area (Å²) in [7, 11) is 0. The number of nitrogens with zero attached hydrogens (tertiary/aromatic N) is 2. The zero-order valence-electron chi connectivity index (χ0n) is 19.1. The monoisotopic (exact) mass is 424 g/mol. The number of carbonyl (C=O) groups is 1. The Hall–Kier alpha value is -3.71. The first-order valence-corrected chi connectivity index (χ1v) is 10.9. The fraction of sp³-hybridized carbons (Fsp3) is 0.250. The van der Waals surface area contributed by atoms with Gasteiger partial charge in [-0.1, -0.05) is 68.0 Å². The van der Waals surface area contributed by atoms with Crippen molar-refractivity contribution in [2.24, 2.45) is 5.92 Å². The van der Waals surface area contributed by atoms with Crippen LogP contribution < -0.4 is 0 Å². The van der Waals surface area contributed by atoms with E-state index in [1.165, 1.54) is 11.6 Å². The topological polar surface area (TPSA) is 63.0 Å². The molecule has 0 aliphatic heterocycles. The Labute approximate surface area is 189 Å². The van der Waals surface area contributed by atoms with Crippen LogP contribution >= 0.6 is 0 Å². The minimum absolute atomic E-state index is 0.354. The highest BCUT2D eigenvalue weighted by molar-refractivity contribution is 5.99. The Kier molecular flexibility index (Phi) is 7.57. The number of aryl methyl sites for hydroxylation is 1. The van der Waals surface area contributed by atoms with Crippen molar-refractivity contribution in [1.29, 1.82) is 5.26 Å². The summed E-state index contributed by atoms with van der Waals surface area (Å²) in [6, 6.07) is 16.7. The van der Waals surface area contributed by atoms with Crippen molar-refractivity contribution < 1.29 is 9.53 Å². The summed E-state index contributed by atoms with van der Waals surface area (Å²) in [5.74, 6) is 0.0316. The van der Waals surface area contributed by atoms with Crippen molar-refractivity contribution >= 4 is 22.9 Å². The Morgan fingerprint density at radius 1 is 1.16 bits per heavy atom.